The average Bonchev–Trinajstić information content (AvgIpc) is 3.11. The van der Waals surface area contributed by atoms with E-state index in [1.165, 1.54) is 16.8 Å². The number of piperazine rings is 1. The molecule has 2 aromatic carbocycles. The summed E-state index contributed by atoms with van der Waals surface area (Å²) in [6.07, 6.45) is 1.16. The fourth-order valence-electron chi connectivity index (χ4n) is 3.47. The summed E-state index contributed by atoms with van der Waals surface area (Å²) < 4.78 is 24.2. The quantitative estimate of drug-likeness (QED) is 0.629. The molecule has 30 heavy (non-hydrogen) atoms. The number of amides is 1. The van der Waals surface area contributed by atoms with Gasteiger partial charge in [0.15, 0.2) is 9.84 Å². The van der Waals surface area contributed by atoms with E-state index in [-0.39, 0.29) is 10.8 Å². The van der Waals surface area contributed by atoms with E-state index in [9.17, 15) is 13.2 Å². The molecule has 1 aliphatic heterocycles. The summed E-state index contributed by atoms with van der Waals surface area (Å²) in [5.74, 6) is -0.0956. The topological polar surface area (TPSA) is 82.6 Å². The van der Waals surface area contributed by atoms with Crippen LogP contribution in [0.3, 0.4) is 0 Å². The monoisotopic (exact) mass is 444 g/mol. The predicted molar refractivity (Wildman–Crippen MR) is 120 cm³/mol. The lowest BCUT2D eigenvalue weighted by atomic mass is 10.3. The second kappa shape index (κ2) is 8.81. The molecule has 0 spiro atoms. The molecule has 7 nitrogen and oxygen atoms in total. The largest absolute Gasteiger partial charge is 0.325 e. The highest BCUT2D eigenvalue weighted by atomic mass is 32.2. The van der Waals surface area contributed by atoms with Gasteiger partial charge in [-0.3, -0.25) is 14.6 Å². The van der Waals surface area contributed by atoms with E-state index in [0.29, 0.717) is 12.2 Å². The molecule has 2 heterocycles. The maximum absolute atomic E-state index is 12.3. The van der Waals surface area contributed by atoms with Crippen molar-refractivity contribution in [3.8, 4) is 0 Å². The molecule has 0 radical (unpaired) electrons. The first-order valence-corrected chi connectivity index (χ1v) is 12.5. The van der Waals surface area contributed by atoms with Crippen LogP contribution >= 0.6 is 11.3 Å². The first kappa shape index (κ1) is 20.9. The number of para-hydroxylation sites is 1. The third-order valence-corrected chi connectivity index (χ3v) is 7.25. The van der Waals surface area contributed by atoms with Crippen molar-refractivity contribution in [3.05, 3.63) is 53.5 Å². The molecular formula is C21H24N4O3S2. The Kier molecular flexibility index (Phi) is 6.14. The number of carbonyl (C=O) groups excluding carboxylic acids is 1. The molecule has 0 bridgehead atoms. The number of anilines is 1. The van der Waals surface area contributed by atoms with E-state index in [2.05, 4.69) is 21.2 Å². The molecule has 0 aliphatic carbocycles. The van der Waals surface area contributed by atoms with E-state index < -0.39 is 9.84 Å². The summed E-state index contributed by atoms with van der Waals surface area (Å²) in [6.45, 7) is 4.60. The lowest BCUT2D eigenvalue weighted by Crippen LogP contribution is -2.48. The van der Waals surface area contributed by atoms with Crippen LogP contribution in [-0.2, 0) is 21.2 Å². The molecule has 1 amide bonds. The van der Waals surface area contributed by atoms with Gasteiger partial charge in [-0.25, -0.2) is 13.4 Å². The van der Waals surface area contributed by atoms with Gasteiger partial charge in [0.05, 0.1) is 28.2 Å². The van der Waals surface area contributed by atoms with Crippen LogP contribution in [0.15, 0.2) is 53.4 Å². The van der Waals surface area contributed by atoms with Crippen LogP contribution in [0.2, 0.25) is 0 Å². The highest BCUT2D eigenvalue weighted by Gasteiger charge is 2.20. The molecule has 1 saturated heterocycles. The summed E-state index contributed by atoms with van der Waals surface area (Å²) in [4.78, 5) is 21.8. The van der Waals surface area contributed by atoms with E-state index in [1.807, 2.05) is 18.2 Å². The Labute approximate surface area is 180 Å². The second-order valence-electron chi connectivity index (χ2n) is 7.47. The Hall–Kier alpha value is -2.33. The number of hydrogen-bond donors (Lipinski definition) is 1. The Morgan fingerprint density at radius 1 is 1.03 bits per heavy atom. The first-order valence-electron chi connectivity index (χ1n) is 9.76. The van der Waals surface area contributed by atoms with Crippen molar-refractivity contribution >= 4 is 43.0 Å². The Bertz CT molecular complexity index is 1100. The van der Waals surface area contributed by atoms with Crippen molar-refractivity contribution in [2.75, 3.05) is 44.3 Å². The van der Waals surface area contributed by atoms with Crippen LogP contribution in [0, 0.1) is 0 Å². The van der Waals surface area contributed by atoms with E-state index >= 15 is 0 Å². The average molecular weight is 445 g/mol. The molecule has 4 rings (SSSR count). The van der Waals surface area contributed by atoms with Crippen molar-refractivity contribution in [1.29, 1.82) is 0 Å². The van der Waals surface area contributed by atoms with Gasteiger partial charge in [0, 0.05) is 38.1 Å². The highest BCUT2D eigenvalue weighted by Crippen LogP contribution is 2.23. The summed E-state index contributed by atoms with van der Waals surface area (Å²) in [5, 5.41) is 3.96. The predicted octanol–water partition coefficient (Wildman–Crippen LogP) is 2.46. The number of nitrogens with one attached hydrogen (secondary N) is 1. The van der Waals surface area contributed by atoms with Crippen LogP contribution in [0.5, 0.6) is 0 Å². The minimum Gasteiger partial charge on any atom is -0.325 e. The van der Waals surface area contributed by atoms with Crippen molar-refractivity contribution in [2.45, 2.75) is 11.4 Å². The molecule has 0 unspecified atom stereocenters. The van der Waals surface area contributed by atoms with Crippen LogP contribution in [0.25, 0.3) is 10.2 Å². The van der Waals surface area contributed by atoms with Crippen LogP contribution < -0.4 is 5.32 Å². The molecular weight excluding hydrogens is 420 g/mol. The van der Waals surface area contributed by atoms with Gasteiger partial charge in [0.2, 0.25) is 5.91 Å². The minimum absolute atomic E-state index is 0.0956. The number of thiazole rings is 1. The van der Waals surface area contributed by atoms with Gasteiger partial charge in [-0.05, 0) is 36.4 Å². The highest BCUT2D eigenvalue weighted by molar-refractivity contribution is 7.90. The number of hydrogen-bond acceptors (Lipinski definition) is 7. The second-order valence-corrected chi connectivity index (χ2v) is 10.6. The molecule has 158 valence electrons. The zero-order chi connectivity index (χ0) is 21.1. The number of rotatable bonds is 6. The molecule has 1 aromatic heterocycles. The number of aromatic nitrogens is 1. The van der Waals surface area contributed by atoms with Gasteiger partial charge in [-0.2, -0.15) is 0 Å². The number of benzene rings is 2. The summed E-state index contributed by atoms with van der Waals surface area (Å²) in [5.41, 5.74) is 1.65. The zero-order valence-corrected chi connectivity index (χ0v) is 18.4. The Morgan fingerprint density at radius 2 is 1.70 bits per heavy atom. The van der Waals surface area contributed by atoms with Gasteiger partial charge in [-0.1, -0.05) is 12.1 Å². The summed E-state index contributed by atoms with van der Waals surface area (Å²) >= 11 is 1.74. The maximum Gasteiger partial charge on any atom is 0.238 e. The van der Waals surface area contributed by atoms with Crippen LogP contribution in [0.4, 0.5) is 5.69 Å². The fourth-order valence-corrected chi connectivity index (χ4v) is 5.11. The third-order valence-electron chi connectivity index (χ3n) is 5.10. The first-order chi connectivity index (χ1) is 14.4. The summed E-state index contributed by atoms with van der Waals surface area (Å²) in [6, 6.07) is 14.4. The van der Waals surface area contributed by atoms with E-state index in [0.717, 1.165) is 49.5 Å². The van der Waals surface area contributed by atoms with Crippen molar-refractivity contribution < 1.29 is 13.2 Å². The molecule has 0 saturated carbocycles. The van der Waals surface area contributed by atoms with Gasteiger partial charge in [-0.15, -0.1) is 11.3 Å². The molecule has 1 N–H and O–H groups in total. The standard InChI is InChI=1S/C21H24N4O3S2/c1-30(27,28)17-8-6-16(7-9-17)22-20(26)14-24-10-12-25(13-11-24)15-21-23-18-4-2-3-5-19(18)29-21/h2-9H,10-15H2,1H3,(H,22,26). The minimum atomic E-state index is -3.24. The van der Waals surface area contributed by atoms with Gasteiger partial charge >= 0.3 is 0 Å². The normalized spacial score (nSPS) is 16.0. The molecule has 0 atom stereocenters. The molecule has 3 aromatic rings. The van der Waals surface area contributed by atoms with Gasteiger partial charge in [0.25, 0.3) is 0 Å². The van der Waals surface area contributed by atoms with Gasteiger partial charge in [0.1, 0.15) is 5.01 Å². The van der Waals surface area contributed by atoms with Crippen molar-refractivity contribution in [1.82, 2.24) is 14.8 Å². The number of nitrogens with zero attached hydrogens (tertiary/aromatic N) is 3. The SMILES string of the molecule is CS(=O)(=O)c1ccc(NC(=O)CN2CCN(Cc3nc4ccccc4s3)CC2)cc1. The smallest absolute Gasteiger partial charge is 0.238 e. The number of carbonyl (C=O) groups is 1. The maximum atomic E-state index is 12.3. The third kappa shape index (κ3) is 5.23. The fraction of sp³-hybridized carbons (Fsp3) is 0.333. The molecule has 1 aliphatic rings. The number of sulfone groups is 1. The van der Waals surface area contributed by atoms with E-state index in [4.69, 9.17) is 4.98 Å². The van der Waals surface area contributed by atoms with Crippen molar-refractivity contribution in [3.63, 3.8) is 0 Å². The molecule has 1 fully saturated rings. The van der Waals surface area contributed by atoms with E-state index in [1.54, 1.807) is 23.5 Å². The zero-order valence-electron chi connectivity index (χ0n) is 16.7. The lowest BCUT2D eigenvalue weighted by Gasteiger charge is -2.33. The number of fused-ring (bicyclic) bond motifs is 1. The van der Waals surface area contributed by atoms with Crippen LogP contribution in [0.1, 0.15) is 5.01 Å². The molecule has 9 heteroatoms. The van der Waals surface area contributed by atoms with Crippen LogP contribution in [-0.4, -0.2) is 68.1 Å². The van der Waals surface area contributed by atoms with Gasteiger partial charge < -0.3 is 5.32 Å². The summed E-state index contributed by atoms with van der Waals surface area (Å²) in [7, 11) is -3.24. The van der Waals surface area contributed by atoms with Crippen molar-refractivity contribution in [2.24, 2.45) is 0 Å². The Balaban J connectivity index is 1.24. The Morgan fingerprint density at radius 3 is 2.37 bits per heavy atom. The lowest BCUT2D eigenvalue weighted by molar-refractivity contribution is -0.117.